The first-order valence-corrected chi connectivity index (χ1v) is 28.5. The lowest BCUT2D eigenvalue weighted by Gasteiger charge is -2.38. The molecule has 0 aliphatic carbocycles. The molecule has 20 heteroatoms. The molecule has 4 aliphatic rings. The first-order chi connectivity index (χ1) is 38.2. The molecule has 2 unspecified atom stereocenters. The van der Waals surface area contributed by atoms with E-state index in [1.807, 2.05) is 73.6 Å². The minimum absolute atomic E-state index is 0.0494. The minimum Gasteiger partial charge on any atom is -0.508 e. The van der Waals surface area contributed by atoms with E-state index in [0.29, 0.717) is 82.1 Å². The van der Waals surface area contributed by atoms with Gasteiger partial charge in [0.05, 0.1) is 52.8 Å². The Morgan fingerprint density at radius 1 is 0.949 bits per heavy atom. The number of hydrogen-bond donors (Lipinski definition) is 3. The highest BCUT2D eigenvalue weighted by atomic mass is 32.1. The van der Waals surface area contributed by atoms with Gasteiger partial charge < -0.3 is 53.9 Å². The Kier molecular flexibility index (Phi) is 17.1. The number of benzene rings is 3. The van der Waals surface area contributed by atoms with E-state index in [-0.39, 0.29) is 61.1 Å². The van der Waals surface area contributed by atoms with Crippen LogP contribution in [-0.2, 0) is 38.6 Å². The molecule has 0 bridgehead atoms. The number of rotatable bonds is 19. The van der Waals surface area contributed by atoms with Gasteiger partial charge in [0.1, 0.15) is 47.7 Å². The van der Waals surface area contributed by atoms with Crippen LogP contribution in [0.5, 0.6) is 17.5 Å². The van der Waals surface area contributed by atoms with Crippen LogP contribution < -0.4 is 24.6 Å². The number of aromatic nitrogens is 4. The van der Waals surface area contributed by atoms with Gasteiger partial charge in [0.25, 0.3) is 0 Å². The van der Waals surface area contributed by atoms with Crippen molar-refractivity contribution in [2.75, 3.05) is 81.9 Å². The number of aliphatic hydroxyl groups is 1. The van der Waals surface area contributed by atoms with Crippen molar-refractivity contribution in [3.05, 3.63) is 113 Å². The second-order valence-electron chi connectivity index (χ2n) is 21.6. The Bertz CT molecular complexity index is 3150. The van der Waals surface area contributed by atoms with E-state index in [1.54, 1.807) is 30.4 Å². The molecule has 3 aromatic carbocycles. The van der Waals surface area contributed by atoms with Crippen LogP contribution in [0.15, 0.2) is 83.4 Å². The van der Waals surface area contributed by atoms with Crippen molar-refractivity contribution < 1.29 is 43.3 Å². The first-order valence-electron chi connectivity index (χ1n) is 27.6. The summed E-state index contributed by atoms with van der Waals surface area (Å²) in [6, 6.07) is 18.8. The summed E-state index contributed by atoms with van der Waals surface area (Å²) < 4.78 is 25.0. The van der Waals surface area contributed by atoms with Gasteiger partial charge in [-0.25, -0.2) is 4.98 Å². The topological polar surface area (TPSA) is 212 Å². The SMILES string of the molecule is C=CC(=O)N1CCN(c2nc(O[C@H](C)CN3CCC(OCCOc4cc(-c5scnc5C)ccc4CNC(=O)C4CC(O)CN4C(=O)[C@@H](c4cc(C)no4)C(C)C)CC3)nc3c2CCN(c2cc(O)cc4ccccc24)C3)CC1. The third-order valence-electron chi connectivity index (χ3n) is 15.6. The molecule has 7 heterocycles. The number of aliphatic hydroxyl groups excluding tert-OH is 1. The number of anilines is 2. The highest BCUT2D eigenvalue weighted by molar-refractivity contribution is 7.13. The molecule has 3 fully saturated rings. The summed E-state index contributed by atoms with van der Waals surface area (Å²) in [4.78, 5) is 66.2. The minimum atomic E-state index is -0.856. The van der Waals surface area contributed by atoms with Gasteiger partial charge in [0, 0.05) is 106 Å². The summed E-state index contributed by atoms with van der Waals surface area (Å²) in [6.45, 7) is 20.2. The molecule has 79 heavy (non-hydrogen) atoms. The number of aromatic hydroxyl groups is 1. The average Bonchev–Trinajstić information content (AvgIpc) is 4.24. The molecule has 19 nitrogen and oxygen atoms in total. The van der Waals surface area contributed by atoms with E-state index in [9.17, 15) is 24.6 Å². The van der Waals surface area contributed by atoms with Crippen LogP contribution in [0.4, 0.5) is 11.5 Å². The number of β-amino-alcohol motifs (C(OH)–C–C–N with tert-alkyl or cyclic N) is 1. The number of carbonyl (C=O) groups is 3. The number of piperazine rings is 1. The number of nitrogens with one attached hydrogen (secondary N) is 1. The lowest BCUT2D eigenvalue weighted by atomic mass is 9.91. The molecule has 4 aliphatic heterocycles. The Morgan fingerprint density at radius 3 is 2.48 bits per heavy atom. The molecule has 6 aromatic rings. The van der Waals surface area contributed by atoms with Gasteiger partial charge in [-0.2, -0.15) is 9.97 Å². The van der Waals surface area contributed by atoms with Crippen LogP contribution >= 0.6 is 11.3 Å². The van der Waals surface area contributed by atoms with Crippen molar-refractivity contribution >= 4 is 51.3 Å². The maximum Gasteiger partial charge on any atom is 0.318 e. The lowest BCUT2D eigenvalue weighted by Crippen LogP contribution is -2.49. The van der Waals surface area contributed by atoms with Crippen molar-refractivity contribution in [2.45, 2.75) is 104 Å². The van der Waals surface area contributed by atoms with Crippen molar-refractivity contribution in [1.29, 1.82) is 0 Å². The summed E-state index contributed by atoms with van der Waals surface area (Å²) >= 11 is 1.55. The number of hydrogen-bond acceptors (Lipinski definition) is 17. The zero-order valence-corrected chi connectivity index (χ0v) is 46.6. The van der Waals surface area contributed by atoms with Gasteiger partial charge in [-0.05, 0) is 75.1 Å². The van der Waals surface area contributed by atoms with Crippen LogP contribution in [0, 0.1) is 19.8 Å². The van der Waals surface area contributed by atoms with Crippen LogP contribution in [-0.4, -0.2) is 159 Å². The molecule has 3 saturated heterocycles. The van der Waals surface area contributed by atoms with Crippen molar-refractivity contribution in [1.82, 2.24) is 40.1 Å². The van der Waals surface area contributed by atoms with Gasteiger partial charge in [-0.1, -0.05) is 62.0 Å². The number of phenolic OH excluding ortho intramolecular Hbond substituents is 1. The fourth-order valence-electron chi connectivity index (χ4n) is 11.5. The van der Waals surface area contributed by atoms with Crippen molar-refractivity contribution in [3.63, 3.8) is 0 Å². The molecule has 3 aromatic heterocycles. The smallest absolute Gasteiger partial charge is 0.318 e. The predicted molar refractivity (Wildman–Crippen MR) is 301 cm³/mol. The highest BCUT2D eigenvalue weighted by Crippen LogP contribution is 2.38. The third-order valence-corrected chi connectivity index (χ3v) is 16.6. The second kappa shape index (κ2) is 24.5. The lowest BCUT2D eigenvalue weighted by molar-refractivity contribution is -0.141. The summed E-state index contributed by atoms with van der Waals surface area (Å²) in [7, 11) is 0. The zero-order chi connectivity index (χ0) is 55.3. The number of ether oxygens (including phenoxy) is 3. The fourth-order valence-corrected chi connectivity index (χ4v) is 12.3. The number of piperidine rings is 1. The zero-order valence-electron chi connectivity index (χ0n) is 45.8. The largest absolute Gasteiger partial charge is 0.508 e. The Hall–Kier alpha value is -7.13. The molecular weight excluding hydrogens is 1020 g/mol. The van der Waals surface area contributed by atoms with Crippen LogP contribution in [0.3, 0.4) is 0 Å². The normalized spacial score (nSPS) is 18.9. The number of thiazole rings is 1. The van der Waals surface area contributed by atoms with E-state index in [0.717, 1.165) is 87.7 Å². The number of likely N-dealkylation sites (tertiary alicyclic amines) is 2. The van der Waals surface area contributed by atoms with E-state index in [2.05, 4.69) is 49.7 Å². The number of carbonyl (C=O) groups excluding carboxylic acids is 3. The van der Waals surface area contributed by atoms with Crippen molar-refractivity contribution in [2.24, 2.45) is 5.92 Å². The Morgan fingerprint density at radius 2 is 1.75 bits per heavy atom. The van der Waals surface area contributed by atoms with E-state index < -0.39 is 18.1 Å². The molecular formula is C59H72N10O9S. The first kappa shape index (κ1) is 55.2. The van der Waals surface area contributed by atoms with Crippen LogP contribution in [0.2, 0.25) is 0 Å². The van der Waals surface area contributed by atoms with Crippen LogP contribution in [0.25, 0.3) is 21.2 Å². The molecule has 3 N–H and O–H groups in total. The predicted octanol–water partition coefficient (Wildman–Crippen LogP) is 6.81. The number of nitrogens with zero attached hydrogens (tertiary/aromatic N) is 9. The van der Waals surface area contributed by atoms with E-state index in [4.69, 9.17) is 28.7 Å². The fraction of sp³-hybridized carbons (Fsp3) is 0.475. The molecule has 3 amide bonds. The van der Waals surface area contributed by atoms with Crippen molar-refractivity contribution in [3.8, 4) is 28.0 Å². The maximum atomic E-state index is 14.0. The number of phenols is 1. The standard InChI is InChI=1S/C59H72N10O9S/c1-7-53(72)66-20-22-67(23-21-66)56-47-16-19-68(49-29-43(70)27-40-10-8-9-11-46(40)49)34-48(47)62-59(63-56)77-38(5)32-65-17-14-45(15-18-65)75-24-25-76-51-28-41(55-39(6)61-35-79-55)12-13-42(51)31-60-57(73)50-30-44(71)33-69(50)58(74)54(36(2)3)52-26-37(4)64-78-52/h7-13,26-29,35-36,38,44-45,50,54,70-71H,1,14-25,30-34H2,2-6H3,(H,60,73)/t38-,44?,50?,54-/m1/s1. The summed E-state index contributed by atoms with van der Waals surface area (Å²) in [6.07, 6.45) is 2.89. The number of amides is 3. The molecule has 4 atom stereocenters. The highest BCUT2D eigenvalue weighted by Gasteiger charge is 2.43. The third kappa shape index (κ3) is 12.7. The number of fused-ring (bicyclic) bond motifs is 2. The molecule has 0 saturated carbocycles. The van der Waals surface area contributed by atoms with Crippen LogP contribution in [0.1, 0.15) is 79.9 Å². The quantitative estimate of drug-likeness (QED) is 0.0562. The van der Waals surface area contributed by atoms with Gasteiger partial charge >= 0.3 is 6.01 Å². The van der Waals surface area contributed by atoms with Gasteiger partial charge in [-0.15, -0.1) is 11.3 Å². The van der Waals surface area contributed by atoms with Gasteiger partial charge in [0.2, 0.25) is 17.7 Å². The van der Waals surface area contributed by atoms with E-state index >= 15 is 0 Å². The monoisotopic (exact) mass is 1100 g/mol. The van der Waals surface area contributed by atoms with E-state index in [1.165, 1.54) is 11.0 Å². The van der Waals surface area contributed by atoms with Gasteiger partial charge in [0.15, 0.2) is 0 Å². The second-order valence-corrected chi connectivity index (χ2v) is 22.4. The summed E-state index contributed by atoms with van der Waals surface area (Å²) in [5.41, 5.74) is 8.04. The Labute approximate surface area is 465 Å². The molecule has 10 rings (SSSR count). The summed E-state index contributed by atoms with van der Waals surface area (Å²) in [5.74, 6) is 0.638. The average molecular weight is 1100 g/mol. The van der Waals surface area contributed by atoms with Gasteiger partial charge in [-0.3, -0.25) is 19.3 Å². The molecule has 0 spiro atoms. The number of aryl methyl sites for hydroxylation is 2. The molecule has 418 valence electrons. The maximum absolute atomic E-state index is 14.0. The summed E-state index contributed by atoms with van der Waals surface area (Å²) in [5, 5.41) is 30.5. The molecule has 0 radical (unpaired) electrons. The Balaban J connectivity index is 0.742.